The van der Waals surface area contributed by atoms with E-state index < -0.39 is 0 Å². The zero-order valence-corrected chi connectivity index (χ0v) is 11.2. The molecule has 0 saturated heterocycles. The van der Waals surface area contributed by atoms with Gasteiger partial charge >= 0.3 is 0 Å². The van der Waals surface area contributed by atoms with E-state index in [-0.39, 0.29) is 6.61 Å². The second-order valence-electron chi connectivity index (χ2n) is 4.27. The summed E-state index contributed by atoms with van der Waals surface area (Å²) >= 11 is 0. The van der Waals surface area contributed by atoms with E-state index in [1.54, 1.807) is 4.90 Å². The van der Waals surface area contributed by atoms with Gasteiger partial charge in [-0.2, -0.15) is 4.98 Å². The molecule has 0 aliphatic rings. The Morgan fingerprint density at radius 2 is 2.16 bits per heavy atom. The van der Waals surface area contributed by atoms with Crippen LogP contribution in [-0.2, 0) is 13.0 Å². The van der Waals surface area contributed by atoms with Crippen molar-refractivity contribution in [2.45, 2.75) is 13.0 Å². The molecule has 0 fully saturated rings. The molecule has 0 spiro atoms. The van der Waals surface area contributed by atoms with Crippen molar-refractivity contribution in [2.24, 2.45) is 0 Å². The molecule has 0 aliphatic heterocycles. The van der Waals surface area contributed by atoms with Crippen molar-refractivity contribution in [3.05, 3.63) is 48.4 Å². The average molecular weight is 259 g/mol. The molecule has 5 heteroatoms. The highest BCUT2D eigenvalue weighted by Gasteiger charge is 2.09. The minimum Gasteiger partial charge on any atom is -0.483 e. The van der Waals surface area contributed by atoms with Gasteiger partial charge in [-0.05, 0) is 23.2 Å². The molecule has 0 aliphatic carbocycles. The van der Waals surface area contributed by atoms with Crippen molar-refractivity contribution >= 4 is 5.95 Å². The molecule has 2 aromatic rings. The van der Waals surface area contributed by atoms with E-state index in [4.69, 9.17) is 9.26 Å². The summed E-state index contributed by atoms with van der Waals surface area (Å²) in [5, 5.41) is 3.83. The molecule has 0 saturated carbocycles. The molecule has 0 amide bonds. The van der Waals surface area contributed by atoms with Crippen molar-refractivity contribution in [3.8, 4) is 5.75 Å². The Hall–Kier alpha value is -2.30. The summed E-state index contributed by atoms with van der Waals surface area (Å²) in [5.74, 6) is 1.81. The highest BCUT2D eigenvalue weighted by molar-refractivity contribution is 5.34. The average Bonchev–Trinajstić information content (AvgIpc) is 2.87. The zero-order chi connectivity index (χ0) is 13.7. The quantitative estimate of drug-likeness (QED) is 0.746. The predicted molar refractivity (Wildman–Crippen MR) is 73.3 cm³/mol. The summed E-state index contributed by atoms with van der Waals surface area (Å²) < 4.78 is 10.8. The first kappa shape index (κ1) is 13.1. The van der Waals surface area contributed by atoms with E-state index in [9.17, 15) is 0 Å². The number of hydrogen-bond acceptors (Lipinski definition) is 5. The predicted octanol–water partition coefficient (Wildman–Crippen LogP) is 2.44. The Morgan fingerprint density at radius 1 is 1.37 bits per heavy atom. The van der Waals surface area contributed by atoms with Crippen LogP contribution in [0.4, 0.5) is 5.95 Å². The first-order valence-corrected chi connectivity index (χ1v) is 6.02. The Bertz CT molecular complexity index is 549. The number of benzene rings is 1. The van der Waals surface area contributed by atoms with Gasteiger partial charge in [-0.3, -0.25) is 0 Å². The van der Waals surface area contributed by atoms with Gasteiger partial charge in [-0.25, -0.2) is 0 Å². The van der Waals surface area contributed by atoms with Crippen LogP contribution in [0.2, 0.25) is 0 Å². The van der Waals surface area contributed by atoms with E-state index >= 15 is 0 Å². The van der Waals surface area contributed by atoms with Gasteiger partial charge in [0, 0.05) is 14.1 Å². The monoisotopic (exact) mass is 259 g/mol. The molecule has 1 heterocycles. The Kier molecular flexibility index (Phi) is 4.18. The molecular weight excluding hydrogens is 242 g/mol. The summed E-state index contributed by atoms with van der Waals surface area (Å²) in [6.07, 6.45) is 2.61. The lowest BCUT2D eigenvalue weighted by atomic mass is 10.1. The fourth-order valence-corrected chi connectivity index (χ4v) is 1.59. The molecule has 0 radical (unpaired) electrons. The van der Waals surface area contributed by atoms with Crippen molar-refractivity contribution in [1.82, 2.24) is 10.1 Å². The lowest BCUT2D eigenvalue weighted by molar-refractivity contribution is 0.241. The van der Waals surface area contributed by atoms with E-state index in [1.807, 2.05) is 44.4 Å². The van der Waals surface area contributed by atoms with Gasteiger partial charge in [-0.1, -0.05) is 24.3 Å². The lowest BCUT2D eigenvalue weighted by Crippen LogP contribution is -2.10. The summed E-state index contributed by atoms with van der Waals surface area (Å²) in [5.41, 5.74) is 1.09. The van der Waals surface area contributed by atoms with Crippen LogP contribution in [0.15, 0.2) is 41.4 Å². The molecule has 1 aromatic heterocycles. The Balaban J connectivity index is 2.03. The fourth-order valence-electron chi connectivity index (χ4n) is 1.59. The number of rotatable bonds is 6. The fraction of sp³-hybridized carbons (Fsp3) is 0.286. The topological polar surface area (TPSA) is 51.4 Å². The Morgan fingerprint density at radius 3 is 2.84 bits per heavy atom. The molecule has 5 nitrogen and oxygen atoms in total. The number of aromatic nitrogens is 2. The third kappa shape index (κ3) is 3.34. The third-order valence-corrected chi connectivity index (χ3v) is 2.55. The first-order chi connectivity index (χ1) is 9.20. The van der Waals surface area contributed by atoms with E-state index in [1.165, 1.54) is 0 Å². The molecule has 0 bridgehead atoms. The second kappa shape index (κ2) is 6.04. The number of ether oxygens (including phenoxy) is 1. The van der Waals surface area contributed by atoms with Gasteiger partial charge in [0.1, 0.15) is 5.75 Å². The summed E-state index contributed by atoms with van der Waals surface area (Å²) in [7, 11) is 3.71. The molecule has 0 unspecified atom stereocenters. The normalized spacial score (nSPS) is 10.2. The van der Waals surface area contributed by atoms with Crippen LogP contribution in [0.5, 0.6) is 5.75 Å². The first-order valence-electron chi connectivity index (χ1n) is 6.02. The summed E-state index contributed by atoms with van der Waals surface area (Å²) in [4.78, 5) is 5.98. The van der Waals surface area contributed by atoms with Gasteiger partial charge in [0.2, 0.25) is 0 Å². The van der Waals surface area contributed by atoms with Crippen LogP contribution < -0.4 is 9.64 Å². The SMILES string of the molecule is C=CCc1ccccc1OCc1nc(N(C)C)no1. The standard InChI is InChI=1S/C14H17N3O2/c1-4-7-11-8-5-6-9-12(11)18-10-13-15-14(16-19-13)17(2)3/h4-6,8-9H,1,7,10H2,2-3H3. The van der Waals surface area contributed by atoms with Gasteiger partial charge < -0.3 is 14.2 Å². The van der Waals surface area contributed by atoms with E-state index in [2.05, 4.69) is 16.7 Å². The largest absolute Gasteiger partial charge is 0.483 e. The maximum atomic E-state index is 5.71. The number of para-hydroxylation sites is 1. The number of allylic oxidation sites excluding steroid dienone is 1. The number of anilines is 1. The van der Waals surface area contributed by atoms with Gasteiger partial charge in [0.25, 0.3) is 11.8 Å². The smallest absolute Gasteiger partial charge is 0.266 e. The molecule has 2 rings (SSSR count). The molecular formula is C14H17N3O2. The zero-order valence-electron chi connectivity index (χ0n) is 11.2. The van der Waals surface area contributed by atoms with E-state index in [0.29, 0.717) is 11.8 Å². The molecule has 19 heavy (non-hydrogen) atoms. The maximum Gasteiger partial charge on any atom is 0.266 e. The highest BCUT2D eigenvalue weighted by atomic mass is 16.5. The van der Waals surface area contributed by atoms with Crippen LogP contribution in [0.3, 0.4) is 0 Å². The van der Waals surface area contributed by atoms with Crippen LogP contribution in [-0.4, -0.2) is 24.2 Å². The van der Waals surface area contributed by atoms with Gasteiger partial charge in [0.15, 0.2) is 6.61 Å². The van der Waals surface area contributed by atoms with Crippen molar-refractivity contribution < 1.29 is 9.26 Å². The maximum absolute atomic E-state index is 5.71. The lowest BCUT2D eigenvalue weighted by Gasteiger charge is -2.08. The van der Waals surface area contributed by atoms with Gasteiger partial charge in [0.05, 0.1) is 0 Å². The van der Waals surface area contributed by atoms with Gasteiger partial charge in [-0.15, -0.1) is 6.58 Å². The van der Waals surface area contributed by atoms with Crippen LogP contribution >= 0.6 is 0 Å². The number of nitrogens with zero attached hydrogens (tertiary/aromatic N) is 3. The van der Waals surface area contributed by atoms with Crippen molar-refractivity contribution in [3.63, 3.8) is 0 Å². The van der Waals surface area contributed by atoms with Crippen LogP contribution in [0.25, 0.3) is 0 Å². The molecule has 1 aromatic carbocycles. The van der Waals surface area contributed by atoms with Crippen LogP contribution in [0.1, 0.15) is 11.5 Å². The second-order valence-corrected chi connectivity index (χ2v) is 4.27. The third-order valence-electron chi connectivity index (χ3n) is 2.55. The summed E-state index contributed by atoms with van der Waals surface area (Å²) in [6, 6.07) is 7.83. The van der Waals surface area contributed by atoms with Crippen molar-refractivity contribution in [1.29, 1.82) is 0 Å². The highest BCUT2D eigenvalue weighted by Crippen LogP contribution is 2.20. The molecule has 0 N–H and O–H groups in total. The molecule has 100 valence electrons. The minimum atomic E-state index is 0.259. The Labute approximate surface area is 112 Å². The summed E-state index contributed by atoms with van der Waals surface area (Å²) in [6.45, 7) is 4.00. The number of hydrogen-bond donors (Lipinski definition) is 0. The van der Waals surface area contributed by atoms with E-state index in [0.717, 1.165) is 17.7 Å². The minimum absolute atomic E-state index is 0.259. The molecule has 0 atom stereocenters. The van der Waals surface area contributed by atoms with Crippen molar-refractivity contribution in [2.75, 3.05) is 19.0 Å². The van der Waals surface area contributed by atoms with Crippen LogP contribution in [0, 0.1) is 0 Å².